The number of ether oxygens (including phenoxy) is 2. The van der Waals surface area contributed by atoms with E-state index in [0.717, 1.165) is 38.2 Å². The maximum atomic E-state index is 13.0. The predicted octanol–water partition coefficient (Wildman–Crippen LogP) is 5.75. The van der Waals surface area contributed by atoms with Gasteiger partial charge in [0, 0.05) is 11.6 Å². The fourth-order valence-corrected chi connectivity index (χ4v) is 3.37. The Kier molecular flexibility index (Phi) is 8.11. The third kappa shape index (κ3) is 6.49. The van der Waals surface area contributed by atoms with E-state index >= 15 is 0 Å². The molecule has 31 heavy (non-hydrogen) atoms. The average molecular weight is 452 g/mol. The van der Waals surface area contributed by atoms with Crippen molar-refractivity contribution in [3.63, 3.8) is 0 Å². The van der Waals surface area contributed by atoms with Crippen LogP contribution in [-0.4, -0.2) is 35.0 Å². The number of non-ortho nitro benzene ring substituents is 1. The normalized spacial score (nSPS) is 15.8. The smallest absolute Gasteiger partial charge is 0.427 e. The quantitative estimate of drug-likeness (QED) is 0.170. The first-order valence-electron chi connectivity index (χ1n) is 9.50. The van der Waals surface area contributed by atoms with E-state index < -0.39 is 58.0 Å². The van der Waals surface area contributed by atoms with Crippen LogP contribution in [0.3, 0.4) is 0 Å². The summed E-state index contributed by atoms with van der Waals surface area (Å²) >= 11 is 0. The molecule has 1 aromatic rings. The molecule has 1 aliphatic rings. The zero-order valence-electron chi connectivity index (χ0n) is 16.2. The number of benzene rings is 1. The molecule has 0 aliphatic heterocycles. The fraction of sp³-hybridized carbons (Fsp3) is 0.611. The van der Waals surface area contributed by atoms with E-state index in [1.165, 1.54) is 0 Å². The summed E-state index contributed by atoms with van der Waals surface area (Å²) in [6.45, 7) is -2.00. The highest BCUT2D eigenvalue weighted by Gasteiger charge is 2.43. The molecule has 1 saturated carbocycles. The molecule has 0 saturated heterocycles. The second kappa shape index (κ2) is 10.4. The summed E-state index contributed by atoms with van der Waals surface area (Å²) in [5.41, 5.74) is -1.53. The first kappa shape index (κ1) is 24.3. The molecule has 1 fully saturated rings. The van der Waals surface area contributed by atoms with E-state index in [4.69, 9.17) is 4.74 Å². The van der Waals surface area contributed by atoms with Crippen molar-refractivity contribution in [2.45, 2.75) is 63.2 Å². The Labute approximate surface area is 173 Å². The molecule has 13 heteroatoms. The van der Waals surface area contributed by atoms with Gasteiger partial charge < -0.3 is 9.47 Å². The Balaban J connectivity index is 2.41. The van der Waals surface area contributed by atoms with Crippen LogP contribution in [0.15, 0.2) is 12.1 Å². The van der Waals surface area contributed by atoms with Crippen LogP contribution in [0.5, 0.6) is 5.75 Å². The summed E-state index contributed by atoms with van der Waals surface area (Å²) in [5.74, 6) is -5.74. The largest absolute Gasteiger partial charge is 0.514 e. The molecule has 1 aromatic carbocycles. The number of hydrogen-bond donors (Lipinski definition) is 0. The molecular formula is C18H20F4N2O7. The van der Waals surface area contributed by atoms with Crippen LogP contribution >= 0.6 is 0 Å². The molecular weight excluding hydrogens is 432 g/mol. The van der Waals surface area contributed by atoms with Crippen molar-refractivity contribution < 1.29 is 41.7 Å². The van der Waals surface area contributed by atoms with Crippen LogP contribution < -0.4 is 4.74 Å². The highest BCUT2D eigenvalue weighted by Crippen LogP contribution is 2.43. The van der Waals surface area contributed by atoms with Crippen molar-refractivity contribution in [3.05, 3.63) is 37.9 Å². The Morgan fingerprint density at radius 3 is 2.16 bits per heavy atom. The maximum absolute atomic E-state index is 13.0. The molecule has 0 aromatic heterocycles. The highest BCUT2D eigenvalue weighted by molar-refractivity contribution is 5.70. The number of halogens is 4. The second-order valence-electron chi connectivity index (χ2n) is 7.14. The van der Waals surface area contributed by atoms with Gasteiger partial charge in [-0.2, -0.15) is 8.78 Å². The van der Waals surface area contributed by atoms with Gasteiger partial charge in [-0.05, 0) is 18.8 Å². The third-order valence-electron chi connectivity index (χ3n) is 4.92. The Morgan fingerprint density at radius 1 is 1.06 bits per heavy atom. The van der Waals surface area contributed by atoms with Crippen molar-refractivity contribution in [2.75, 3.05) is 6.61 Å². The Morgan fingerprint density at radius 2 is 1.65 bits per heavy atom. The maximum Gasteiger partial charge on any atom is 0.514 e. The lowest BCUT2D eigenvalue weighted by Crippen LogP contribution is -2.34. The SMILES string of the molecule is O=C(OCC(F)(F)C(F)F)Oc1c(C2CCCCCCC2)cc([N+](=O)[O-])cc1[N+](=O)[O-]. The molecule has 0 radical (unpaired) electrons. The molecule has 1 aliphatic carbocycles. The van der Waals surface area contributed by atoms with Crippen molar-refractivity contribution in [2.24, 2.45) is 0 Å². The monoisotopic (exact) mass is 452 g/mol. The van der Waals surface area contributed by atoms with Crippen LogP contribution in [0.2, 0.25) is 0 Å². The second-order valence-corrected chi connectivity index (χ2v) is 7.14. The lowest BCUT2D eigenvalue weighted by molar-refractivity contribution is -0.394. The number of nitro groups is 2. The number of carbonyl (C=O) groups excluding carboxylic acids is 1. The number of hydrogen-bond acceptors (Lipinski definition) is 7. The van der Waals surface area contributed by atoms with Gasteiger partial charge >= 0.3 is 24.2 Å². The summed E-state index contributed by atoms with van der Waals surface area (Å²) in [7, 11) is 0. The summed E-state index contributed by atoms with van der Waals surface area (Å²) in [6, 6.07) is 1.61. The number of nitro benzene ring substituents is 2. The third-order valence-corrected chi connectivity index (χ3v) is 4.92. The minimum Gasteiger partial charge on any atom is -0.427 e. The van der Waals surface area contributed by atoms with E-state index in [0.29, 0.717) is 18.9 Å². The van der Waals surface area contributed by atoms with Crippen LogP contribution in [0.25, 0.3) is 0 Å². The first-order chi connectivity index (χ1) is 14.5. The number of carbonyl (C=O) groups is 1. The molecule has 2 rings (SSSR count). The van der Waals surface area contributed by atoms with Gasteiger partial charge in [0.15, 0.2) is 6.61 Å². The summed E-state index contributed by atoms with van der Waals surface area (Å²) in [5, 5.41) is 22.7. The van der Waals surface area contributed by atoms with Gasteiger partial charge in [0.05, 0.1) is 15.9 Å². The molecule has 9 nitrogen and oxygen atoms in total. The van der Waals surface area contributed by atoms with Gasteiger partial charge in [-0.3, -0.25) is 20.2 Å². The Bertz CT molecular complexity index is 827. The van der Waals surface area contributed by atoms with Crippen molar-refractivity contribution >= 4 is 17.5 Å². The van der Waals surface area contributed by atoms with Gasteiger partial charge in [-0.15, -0.1) is 0 Å². The summed E-state index contributed by atoms with van der Waals surface area (Å²) < 4.78 is 59.2. The zero-order valence-corrected chi connectivity index (χ0v) is 16.2. The van der Waals surface area contributed by atoms with E-state index in [1.807, 2.05) is 0 Å². The minimum absolute atomic E-state index is 0.000342. The predicted molar refractivity (Wildman–Crippen MR) is 97.7 cm³/mol. The van der Waals surface area contributed by atoms with Gasteiger partial charge in [-0.25, -0.2) is 13.6 Å². The Hall–Kier alpha value is -2.99. The van der Waals surface area contributed by atoms with E-state index in [2.05, 4.69) is 4.74 Å². The van der Waals surface area contributed by atoms with Gasteiger partial charge in [0.1, 0.15) is 0 Å². The van der Waals surface area contributed by atoms with Crippen LogP contribution in [0.1, 0.15) is 56.4 Å². The van der Waals surface area contributed by atoms with Crippen LogP contribution in [0.4, 0.5) is 33.7 Å². The molecule has 0 spiro atoms. The van der Waals surface area contributed by atoms with E-state index in [9.17, 15) is 42.6 Å². The lowest BCUT2D eigenvalue weighted by Gasteiger charge is -2.22. The summed E-state index contributed by atoms with van der Waals surface area (Å²) in [4.78, 5) is 32.7. The number of nitrogens with zero attached hydrogens (tertiary/aromatic N) is 2. The average Bonchev–Trinajstić information content (AvgIpc) is 2.66. The van der Waals surface area contributed by atoms with E-state index in [1.54, 1.807) is 0 Å². The molecule has 0 N–H and O–H groups in total. The molecule has 0 bridgehead atoms. The topological polar surface area (TPSA) is 122 Å². The number of alkyl halides is 4. The van der Waals surface area contributed by atoms with Gasteiger partial charge in [0.2, 0.25) is 5.75 Å². The number of rotatable bonds is 7. The van der Waals surface area contributed by atoms with E-state index in [-0.39, 0.29) is 5.56 Å². The van der Waals surface area contributed by atoms with Crippen molar-refractivity contribution in [3.8, 4) is 5.75 Å². The van der Waals surface area contributed by atoms with Gasteiger partial charge in [-0.1, -0.05) is 32.1 Å². The first-order valence-corrected chi connectivity index (χ1v) is 9.50. The van der Waals surface area contributed by atoms with Crippen molar-refractivity contribution in [1.82, 2.24) is 0 Å². The summed E-state index contributed by atoms with van der Waals surface area (Å²) in [6.07, 6.45) is -0.722. The van der Waals surface area contributed by atoms with Crippen molar-refractivity contribution in [1.29, 1.82) is 0 Å². The zero-order chi connectivity index (χ0) is 23.2. The molecule has 0 unspecified atom stereocenters. The molecule has 0 heterocycles. The minimum atomic E-state index is -4.64. The van der Waals surface area contributed by atoms with Gasteiger partial charge in [0.25, 0.3) is 5.69 Å². The molecule has 172 valence electrons. The molecule has 0 amide bonds. The molecule has 0 atom stereocenters. The highest BCUT2D eigenvalue weighted by atomic mass is 19.3. The standard InChI is InChI=1S/C18H20F4N2O7/c19-16(20)18(21,22)10-30-17(25)31-15-13(11-6-4-2-1-3-5-7-11)8-12(23(26)27)9-14(15)24(28)29/h8-9,11,16H,1-7,10H2. The van der Waals surface area contributed by atoms with Crippen LogP contribution in [0, 0.1) is 20.2 Å². The van der Waals surface area contributed by atoms with Crippen LogP contribution in [-0.2, 0) is 4.74 Å². The lowest BCUT2D eigenvalue weighted by atomic mass is 9.85. The fourth-order valence-electron chi connectivity index (χ4n) is 3.37.